The molecule has 2 aromatic rings. The summed E-state index contributed by atoms with van der Waals surface area (Å²) in [4.78, 5) is 21.9. The Morgan fingerprint density at radius 1 is 1.43 bits per heavy atom. The van der Waals surface area contributed by atoms with Gasteiger partial charge in [-0.2, -0.15) is 0 Å². The Morgan fingerprint density at radius 2 is 2.19 bits per heavy atom. The van der Waals surface area contributed by atoms with Gasteiger partial charge in [0.2, 0.25) is 0 Å². The maximum absolute atomic E-state index is 11.4. The van der Waals surface area contributed by atoms with Gasteiger partial charge in [0.25, 0.3) is 5.91 Å². The van der Waals surface area contributed by atoms with E-state index >= 15 is 0 Å². The van der Waals surface area contributed by atoms with Crippen LogP contribution in [0.3, 0.4) is 0 Å². The van der Waals surface area contributed by atoms with E-state index in [0.717, 1.165) is 5.56 Å². The van der Waals surface area contributed by atoms with Gasteiger partial charge >= 0.3 is 5.97 Å². The summed E-state index contributed by atoms with van der Waals surface area (Å²) in [7, 11) is 0. The van der Waals surface area contributed by atoms with Crippen LogP contribution in [0.25, 0.3) is 0 Å². The average Bonchev–Trinajstić information content (AvgIpc) is 2.82. The number of nitrogens with zero attached hydrogens (tertiary/aromatic N) is 3. The van der Waals surface area contributed by atoms with Crippen LogP contribution in [0.2, 0.25) is 0 Å². The summed E-state index contributed by atoms with van der Waals surface area (Å²) in [6, 6.07) is 5.26. The van der Waals surface area contributed by atoms with E-state index in [2.05, 4.69) is 15.6 Å². The third kappa shape index (κ3) is 3.78. The molecule has 0 saturated heterocycles. The second-order valence-electron chi connectivity index (χ2n) is 4.57. The van der Waals surface area contributed by atoms with Gasteiger partial charge in [-0.1, -0.05) is 11.3 Å². The third-order valence-electron chi connectivity index (χ3n) is 2.78. The molecule has 0 atom stereocenters. The van der Waals surface area contributed by atoms with Crippen LogP contribution in [0, 0.1) is 6.92 Å². The number of nitrogens with two attached hydrogens (primary N) is 1. The van der Waals surface area contributed by atoms with Crippen LogP contribution < -0.4 is 11.1 Å². The molecule has 0 aliphatic rings. The summed E-state index contributed by atoms with van der Waals surface area (Å²) < 4.78 is 1.23. The number of aliphatic carboxylic acids is 1. The molecule has 0 spiro atoms. The molecule has 110 valence electrons. The highest BCUT2D eigenvalue weighted by atomic mass is 16.4. The van der Waals surface area contributed by atoms with Crippen molar-refractivity contribution in [1.29, 1.82) is 0 Å². The first-order chi connectivity index (χ1) is 9.95. The molecular formula is C13H15N5O3. The molecule has 21 heavy (non-hydrogen) atoms. The van der Waals surface area contributed by atoms with E-state index in [1.54, 1.807) is 12.1 Å². The van der Waals surface area contributed by atoms with Gasteiger partial charge < -0.3 is 16.2 Å². The van der Waals surface area contributed by atoms with Gasteiger partial charge in [0.15, 0.2) is 0 Å². The third-order valence-corrected chi connectivity index (χ3v) is 2.78. The number of hydrogen-bond acceptors (Lipinski definition) is 5. The summed E-state index contributed by atoms with van der Waals surface area (Å²) in [5, 5.41) is 19.3. The molecule has 4 N–H and O–H groups in total. The van der Waals surface area contributed by atoms with Crippen molar-refractivity contribution in [3.8, 4) is 0 Å². The highest BCUT2D eigenvalue weighted by Gasteiger charge is 2.09. The van der Waals surface area contributed by atoms with Crippen LogP contribution in [-0.2, 0) is 17.9 Å². The summed E-state index contributed by atoms with van der Waals surface area (Å²) >= 11 is 0. The molecule has 0 radical (unpaired) electrons. The van der Waals surface area contributed by atoms with E-state index in [0.29, 0.717) is 23.5 Å². The molecule has 0 unspecified atom stereocenters. The van der Waals surface area contributed by atoms with Crippen molar-refractivity contribution in [1.82, 2.24) is 15.0 Å². The number of rotatable bonds is 6. The molecule has 0 aliphatic carbocycles. The van der Waals surface area contributed by atoms with Crippen LogP contribution in [0.15, 0.2) is 24.4 Å². The molecule has 1 aromatic carbocycles. The maximum Gasteiger partial charge on any atom is 0.325 e. The second-order valence-corrected chi connectivity index (χ2v) is 4.57. The number of carbonyl (C=O) groups is 2. The zero-order valence-electron chi connectivity index (χ0n) is 11.4. The van der Waals surface area contributed by atoms with Crippen molar-refractivity contribution in [3.63, 3.8) is 0 Å². The van der Waals surface area contributed by atoms with Crippen LogP contribution in [0.5, 0.6) is 0 Å². The number of carboxylic acids is 1. The molecule has 0 aliphatic heterocycles. The summed E-state index contributed by atoms with van der Waals surface area (Å²) in [5.41, 5.74) is 7.86. The maximum atomic E-state index is 11.4. The molecule has 0 saturated carbocycles. The SMILES string of the molecule is Cc1ccc(C(N)=O)c(NCc2cn(CC(=O)O)nn2)c1. The molecular weight excluding hydrogens is 274 g/mol. The quantitative estimate of drug-likeness (QED) is 0.706. The van der Waals surface area contributed by atoms with E-state index in [9.17, 15) is 9.59 Å². The van der Waals surface area contributed by atoms with Crippen LogP contribution in [0.1, 0.15) is 21.6 Å². The summed E-state index contributed by atoms with van der Waals surface area (Å²) in [5.74, 6) is -1.51. The fourth-order valence-electron chi connectivity index (χ4n) is 1.84. The minimum absolute atomic E-state index is 0.246. The molecule has 0 fully saturated rings. The number of benzene rings is 1. The van der Waals surface area contributed by atoms with Crippen LogP contribution >= 0.6 is 0 Å². The van der Waals surface area contributed by atoms with Gasteiger partial charge in [0, 0.05) is 5.69 Å². The van der Waals surface area contributed by atoms with Crippen molar-refractivity contribution in [2.24, 2.45) is 5.73 Å². The highest BCUT2D eigenvalue weighted by Crippen LogP contribution is 2.17. The lowest BCUT2D eigenvalue weighted by Gasteiger charge is -2.09. The molecule has 1 heterocycles. The summed E-state index contributed by atoms with van der Waals surface area (Å²) in [6.07, 6.45) is 1.53. The van der Waals surface area contributed by atoms with Gasteiger partial charge in [-0.05, 0) is 24.6 Å². The number of amides is 1. The number of carboxylic acid groups (broad SMARTS) is 1. The molecule has 1 aromatic heterocycles. The number of aryl methyl sites for hydroxylation is 1. The molecule has 2 rings (SSSR count). The lowest BCUT2D eigenvalue weighted by Crippen LogP contribution is -2.14. The van der Waals surface area contributed by atoms with E-state index in [1.807, 2.05) is 13.0 Å². The number of aromatic nitrogens is 3. The van der Waals surface area contributed by atoms with Crippen molar-refractivity contribution in [2.45, 2.75) is 20.0 Å². The lowest BCUT2D eigenvalue weighted by molar-refractivity contribution is -0.137. The summed E-state index contributed by atoms with van der Waals surface area (Å²) in [6.45, 7) is 1.96. The number of primary amides is 1. The Bertz CT molecular complexity index is 680. The van der Waals surface area contributed by atoms with E-state index < -0.39 is 11.9 Å². The fraction of sp³-hybridized carbons (Fsp3) is 0.231. The predicted octanol–water partition coefficient (Wildman–Crippen LogP) is 0.382. The first kappa shape index (κ1) is 14.5. The Balaban J connectivity index is 2.09. The normalized spacial score (nSPS) is 10.3. The monoisotopic (exact) mass is 289 g/mol. The van der Waals surface area contributed by atoms with Crippen molar-refractivity contribution >= 4 is 17.6 Å². The Kier molecular flexibility index (Phi) is 4.17. The van der Waals surface area contributed by atoms with E-state index in [-0.39, 0.29) is 6.54 Å². The number of carbonyl (C=O) groups excluding carboxylic acids is 1. The van der Waals surface area contributed by atoms with Crippen molar-refractivity contribution < 1.29 is 14.7 Å². The fourth-order valence-corrected chi connectivity index (χ4v) is 1.84. The number of hydrogen-bond donors (Lipinski definition) is 3. The topological polar surface area (TPSA) is 123 Å². The van der Waals surface area contributed by atoms with Crippen molar-refractivity contribution in [2.75, 3.05) is 5.32 Å². The van der Waals surface area contributed by atoms with E-state index in [1.165, 1.54) is 10.9 Å². The smallest absolute Gasteiger partial charge is 0.325 e. The largest absolute Gasteiger partial charge is 0.480 e. The number of nitrogens with one attached hydrogen (secondary N) is 1. The van der Waals surface area contributed by atoms with Crippen LogP contribution in [-0.4, -0.2) is 32.0 Å². The lowest BCUT2D eigenvalue weighted by atomic mass is 10.1. The van der Waals surface area contributed by atoms with Crippen LogP contribution in [0.4, 0.5) is 5.69 Å². The minimum atomic E-state index is -0.992. The molecule has 8 nitrogen and oxygen atoms in total. The van der Waals surface area contributed by atoms with Gasteiger partial charge in [0.1, 0.15) is 12.2 Å². The molecule has 8 heteroatoms. The standard InChI is InChI=1S/C13H15N5O3/c1-8-2-3-10(13(14)21)11(4-8)15-5-9-6-18(17-16-9)7-12(19)20/h2-4,6,15H,5,7H2,1H3,(H2,14,21)(H,19,20). The Morgan fingerprint density at radius 3 is 2.86 bits per heavy atom. The molecule has 1 amide bonds. The zero-order chi connectivity index (χ0) is 15.4. The van der Waals surface area contributed by atoms with E-state index in [4.69, 9.17) is 10.8 Å². The first-order valence-corrected chi connectivity index (χ1v) is 6.21. The predicted molar refractivity (Wildman–Crippen MR) is 74.7 cm³/mol. The second kappa shape index (κ2) is 6.04. The minimum Gasteiger partial charge on any atom is -0.480 e. The highest BCUT2D eigenvalue weighted by molar-refractivity contribution is 5.98. The first-order valence-electron chi connectivity index (χ1n) is 6.21. The number of anilines is 1. The van der Waals surface area contributed by atoms with Gasteiger partial charge in [-0.3, -0.25) is 9.59 Å². The van der Waals surface area contributed by atoms with Gasteiger partial charge in [0.05, 0.1) is 18.3 Å². The Hall–Kier alpha value is -2.90. The Labute approximate surface area is 120 Å². The van der Waals surface area contributed by atoms with Crippen molar-refractivity contribution in [3.05, 3.63) is 41.2 Å². The van der Waals surface area contributed by atoms with Gasteiger partial charge in [-0.15, -0.1) is 5.10 Å². The average molecular weight is 289 g/mol. The molecule has 0 bridgehead atoms. The zero-order valence-corrected chi connectivity index (χ0v) is 11.4. The van der Waals surface area contributed by atoms with Gasteiger partial charge in [-0.25, -0.2) is 4.68 Å².